The van der Waals surface area contributed by atoms with Crippen molar-refractivity contribution in [1.82, 2.24) is 10.2 Å². The van der Waals surface area contributed by atoms with Gasteiger partial charge in [0.25, 0.3) is 0 Å². The number of methoxy groups -OCH3 is 1. The monoisotopic (exact) mass is 268 g/mol. The van der Waals surface area contributed by atoms with E-state index in [0.717, 1.165) is 24.2 Å². The van der Waals surface area contributed by atoms with Gasteiger partial charge in [-0.1, -0.05) is 19.3 Å². The van der Waals surface area contributed by atoms with E-state index < -0.39 is 17.4 Å². The van der Waals surface area contributed by atoms with Gasteiger partial charge in [0.15, 0.2) is 0 Å². The van der Waals surface area contributed by atoms with E-state index in [0.29, 0.717) is 12.8 Å². The molecule has 1 aliphatic carbocycles. The van der Waals surface area contributed by atoms with Gasteiger partial charge in [0, 0.05) is 7.11 Å². The van der Waals surface area contributed by atoms with E-state index in [1.807, 2.05) is 0 Å². The van der Waals surface area contributed by atoms with E-state index in [9.17, 15) is 14.4 Å². The first-order valence-electron chi connectivity index (χ1n) is 6.71. The molecule has 2 fully saturated rings. The Hall–Kier alpha value is -1.43. The number of rotatable bonds is 3. The van der Waals surface area contributed by atoms with Crippen LogP contribution in [0.2, 0.25) is 0 Å². The highest BCUT2D eigenvalue weighted by molar-refractivity contribution is 6.19. The van der Waals surface area contributed by atoms with Gasteiger partial charge in [-0.2, -0.15) is 0 Å². The normalized spacial score (nSPS) is 24.5. The van der Waals surface area contributed by atoms with E-state index in [4.69, 9.17) is 4.74 Å². The smallest absolute Gasteiger partial charge is 0.331 e. The van der Waals surface area contributed by atoms with Crippen molar-refractivity contribution in [3.8, 4) is 0 Å². The van der Waals surface area contributed by atoms with Gasteiger partial charge in [0.1, 0.15) is 5.41 Å². The average molecular weight is 268 g/mol. The van der Waals surface area contributed by atoms with Crippen molar-refractivity contribution in [2.24, 2.45) is 5.41 Å². The molecule has 1 heterocycles. The molecule has 0 aromatic rings. The van der Waals surface area contributed by atoms with Crippen molar-refractivity contribution in [3.05, 3.63) is 0 Å². The summed E-state index contributed by atoms with van der Waals surface area (Å²) in [6, 6.07) is -1.000. The zero-order chi connectivity index (χ0) is 14.0. The third-order valence-electron chi connectivity index (χ3n) is 4.06. The minimum atomic E-state index is -1.03. The van der Waals surface area contributed by atoms with E-state index in [1.54, 1.807) is 6.92 Å². The second-order valence-corrected chi connectivity index (χ2v) is 5.38. The van der Waals surface area contributed by atoms with Crippen LogP contribution in [0.3, 0.4) is 0 Å². The van der Waals surface area contributed by atoms with Crippen molar-refractivity contribution in [2.45, 2.75) is 45.1 Å². The zero-order valence-corrected chi connectivity index (χ0v) is 11.4. The number of urea groups is 1. The van der Waals surface area contributed by atoms with Gasteiger partial charge in [0.05, 0.1) is 12.6 Å². The highest BCUT2D eigenvalue weighted by Crippen LogP contribution is 2.40. The molecule has 0 aromatic carbocycles. The van der Waals surface area contributed by atoms with E-state index in [2.05, 4.69) is 5.32 Å². The first kappa shape index (κ1) is 14.0. The molecule has 2 aliphatic rings. The molecular formula is C13H20N2O4. The third kappa shape index (κ3) is 2.25. The Bertz CT molecular complexity index is 401. The lowest BCUT2D eigenvalue weighted by Gasteiger charge is -2.43. The number of amides is 4. The number of imide groups is 2. The van der Waals surface area contributed by atoms with Crippen molar-refractivity contribution in [2.75, 3.05) is 13.7 Å². The molecule has 4 amide bonds. The van der Waals surface area contributed by atoms with Crippen LogP contribution in [0, 0.1) is 5.41 Å². The van der Waals surface area contributed by atoms with Gasteiger partial charge in [-0.25, -0.2) is 4.79 Å². The maximum absolute atomic E-state index is 12.6. The second kappa shape index (κ2) is 5.28. The van der Waals surface area contributed by atoms with Crippen molar-refractivity contribution in [1.29, 1.82) is 0 Å². The van der Waals surface area contributed by atoms with Crippen LogP contribution in [0.5, 0.6) is 0 Å². The number of nitrogens with one attached hydrogen (secondary N) is 1. The summed E-state index contributed by atoms with van der Waals surface area (Å²) in [4.78, 5) is 37.8. The Morgan fingerprint density at radius 1 is 1.26 bits per heavy atom. The van der Waals surface area contributed by atoms with Crippen LogP contribution in [0.15, 0.2) is 0 Å². The average Bonchev–Trinajstić information content (AvgIpc) is 2.38. The van der Waals surface area contributed by atoms with Crippen LogP contribution in [-0.2, 0) is 14.3 Å². The molecule has 2 rings (SSSR count). The van der Waals surface area contributed by atoms with Gasteiger partial charge in [-0.05, 0) is 19.8 Å². The minimum absolute atomic E-state index is 0.267. The molecule has 0 bridgehead atoms. The Morgan fingerprint density at radius 3 is 2.47 bits per heavy atom. The lowest BCUT2D eigenvalue weighted by molar-refractivity contribution is -0.155. The predicted molar refractivity (Wildman–Crippen MR) is 67.2 cm³/mol. The Morgan fingerprint density at radius 2 is 1.89 bits per heavy atom. The molecule has 1 atom stereocenters. The van der Waals surface area contributed by atoms with Crippen LogP contribution in [-0.4, -0.2) is 42.5 Å². The molecule has 1 spiro atoms. The fraction of sp³-hybridized carbons (Fsp3) is 0.769. The van der Waals surface area contributed by atoms with E-state index >= 15 is 0 Å². The van der Waals surface area contributed by atoms with E-state index in [1.165, 1.54) is 7.11 Å². The molecule has 19 heavy (non-hydrogen) atoms. The molecular weight excluding hydrogens is 248 g/mol. The van der Waals surface area contributed by atoms with Crippen LogP contribution >= 0.6 is 0 Å². The summed E-state index contributed by atoms with van der Waals surface area (Å²) >= 11 is 0. The number of nitrogens with zero attached hydrogens (tertiary/aromatic N) is 1. The first-order valence-corrected chi connectivity index (χ1v) is 6.71. The van der Waals surface area contributed by atoms with Crippen LogP contribution in [0.1, 0.15) is 39.0 Å². The third-order valence-corrected chi connectivity index (χ3v) is 4.06. The largest absolute Gasteiger partial charge is 0.383 e. The van der Waals surface area contributed by atoms with Crippen LogP contribution in [0.25, 0.3) is 0 Å². The fourth-order valence-corrected chi connectivity index (χ4v) is 3.01. The Labute approximate surface area is 112 Å². The molecule has 6 heteroatoms. The first-order chi connectivity index (χ1) is 9.03. The molecule has 1 saturated carbocycles. The maximum atomic E-state index is 12.6. The summed E-state index contributed by atoms with van der Waals surface area (Å²) in [6.07, 6.45) is 3.78. The highest BCUT2D eigenvalue weighted by atomic mass is 16.5. The number of carbonyl (C=O) groups excluding carboxylic acids is 3. The molecule has 1 aliphatic heterocycles. The number of carbonyl (C=O) groups is 3. The summed E-state index contributed by atoms with van der Waals surface area (Å²) in [6.45, 7) is 2.01. The van der Waals surface area contributed by atoms with Crippen LogP contribution in [0.4, 0.5) is 4.79 Å². The molecule has 1 N–H and O–H groups in total. The van der Waals surface area contributed by atoms with Crippen molar-refractivity contribution >= 4 is 17.8 Å². The second-order valence-electron chi connectivity index (χ2n) is 5.38. The van der Waals surface area contributed by atoms with Gasteiger partial charge < -0.3 is 4.74 Å². The zero-order valence-electron chi connectivity index (χ0n) is 11.4. The SMILES string of the molecule is COCC(C)N1C(=O)NC(=O)C2(CCCCC2)C1=O. The highest BCUT2D eigenvalue weighted by Gasteiger charge is 2.54. The summed E-state index contributed by atoms with van der Waals surface area (Å²) in [5.41, 5.74) is -1.03. The summed E-state index contributed by atoms with van der Waals surface area (Å²) in [5, 5.41) is 2.33. The molecule has 0 radical (unpaired) electrons. The predicted octanol–water partition coefficient (Wildman–Crippen LogP) is 1.05. The molecule has 0 aromatic heterocycles. The lowest BCUT2D eigenvalue weighted by atomic mass is 9.71. The lowest BCUT2D eigenvalue weighted by Crippen LogP contribution is -2.66. The Kier molecular flexibility index (Phi) is 3.89. The summed E-state index contributed by atoms with van der Waals surface area (Å²) in [5.74, 6) is -0.784. The molecule has 106 valence electrons. The van der Waals surface area contributed by atoms with E-state index in [-0.39, 0.29) is 18.6 Å². The Balaban J connectivity index is 2.28. The topological polar surface area (TPSA) is 75.7 Å². The van der Waals surface area contributed by atoms with Crippen molar-refractivity contribution in [3.63, 3.8) is 0 Å². The van der Waals surface area contributed by atoms with Crippen molar-refractivity contribution < 1.29 is 19.1 Å². The quantitative estimate of drug-likeness (QED) is 0.776. The molecule has 6 nitrogen and oxygen atoms in total. The van der Waals surface area contributed by atoms with Gasteiger partial charge in [0.2, 0.25) is 11.8 Å². The molecule has 1 saturated heterocycles. The number of ether oxygens (including phenoxy) is 1. The number of hydrogen-bond acceptors (Lipinski definition) is 4. The summed E-state index contributed by atoms with van der Waals surface area (Å²) in [7, 11) is 1.52. The van der Waals surface area contributed by atoms with Gasteiger partial charge in [-0.15, -0.1) is 0 Å². The number of hydrogen-bond donors (Lipinski definition) is 1. The summed E-state index contributed by atoms with van der Waals surface area (Å²) < 4.78 is 5.00. The maximum Gasteiger partial charge on any atom is 0.331 e. The van der Waals surface area contributed by atoms with Crippen LogP contribution < -0.4 is 5.32 Å². The fourth-order valence-electron chi connectivity index (χ4n) is 3.01. The minimum Gasteiger partial charge on any atom is -0.383 e. The number of barbiturate groups is 1. The molecule has 1 unspecified atom stereocenters. The standard InChI is InChI=1S/C13H20N2O4/c1-9(8-19-2)15-11(17)13(6-4-3-5-7-13)10(16)14-12(15)18/h9H,3-8H2,1-2H3,(H,14,16,18). The van der Waals surface area contributed by atoms with Gasteiger partial charge >= 0.3 is 6.03 Å². The van der Waals surface area contributed by atoms with Gasteiger partial charge in [-0.3, -0.25) is 19.8 Å².